The van der Waals surface area contributed by atoms with Crippen LogP contribution in [0.5, 0.6) is 0 Å². The zero-order valence-corrected chi connectivity index (χ0v) is 39.2. The van der Waals surface area contributed by atoms with Gasteiger partial charge >= 0.3 is 86.7 Å². The Labute approximate surface area is 369 Å². The van der Waals surface area contributed by atoms with Crippen molar-refractivity contribution in [3.8, 4) is 0 Å². The minimum absolute atomic E-state index is 0. The van der Waals surface area contributed by atoms with E-state index in [1.807, 2.05) is 0 Å². The monoisotopic (exact) mass is 866 g/mol. The fourth-order valence-corrected chi connectivity index (χ4v) is 13.2. The summed E-state index contributed by atoms with van der Waals surface area (Å²) in [6, 6.07) is 27.0. The van der Waals surface area contributed by atoms with Crippen molar-refractivity contribution in [3.05, 3.63) is 136 Å². The Morgan fingerprint density at radius 2 is 1.21 bits per heavy atom. The molecule has 0 saturated heterocycles. The van der Waals surface area contributed by atoms with Crippen molar-refractivity contribution in [3.63, 3.8) is 0 Å². The van der Waals surface area contributed by atoms with Gasteiger partial charge in [-0.05, 0) is 97.8 Å². The summed E-state index contributed by atoms with van der Waals surface area (Å²) in [5.41, 5.74) is 14.1. The van der Waals surface area contributed by atoms with Crippen molar-refractivity contribution in [1.29, 1.82) is 0 Å². The molecule has 4 fully saturated rings. The fourth-order valence-electron chi connectivity index (χ4n) is 12.6. The van der Waals surface area contributed by atoms with Crippen molar-refractivity contribution >= 4 is 47.2 Å². The predicted molar refractivity (Wildman–Crippen MR) is 234 cm³/mol. The maximum atomic E-state index is 3.57. The van der Waals surface area contributed by atoms with E-state index in [9.17, 15) is 0 Å². The summed E-state index contributed by atoms with van der Waals surface area (Å²) < 4.78 is 2.23. The third kappa shape index (κ3) is 7.78. The van der Waals surface area contributed by atoms with E-state index in [0.717, 1.165) is 17.8 Å². The third-order valence-corrected chi connectivity index (χ3v) is 15.2. The number of rotatable bonds is 3. The number of halogens is 2. The van der Waals surface area contributed by atoms with Crippen molar-refractivity contribution in [2.24, 2.45) is 29.1 Å². The number of hydrogen-bond donors (Lipinski definition) is 0. The molecule has 5 aromatic rings. The van der Waals surface area contributed by atoms with Crippen LogP contribution in [0.25, 0.3) is 43.5 Å². The van der Waals surface area contributed by atoms with Crippen molar-refractivity contribution in [1.82, 2.24) is 0 Å². The van der Waals surface area contributed by atoms with Gasteiger partial charge in [-0.15, -0.1) is 39.7 Å². The van der Waals surface area contributed by atoms with Crippen molar-refractivity contribution in [2.45, 2.75) is 111 Å². The molecule has 5 aromatic carbocycles. The number of allylic oxidation sites excluding steroid dienone is 8. The molecule has 3 heteroatoms. The van der Waals surface area contributed by atoms with E-state index in [4.69, 9.17) is 0 Å². The van der Waals surface area contributed by atoms with Gasteiger partial charge in [0.25, 0.3) is 0 Å². The normalized spacial score (nSPS) is 26.5. The summed E-state index contributed by atoms with van der Waals surface area (Å²) in [5.74, 6) is 3.82. The Bertz CT molecular complexity index is 2380. The molecule has 7 aliphatic carbocycles. The van der Waals surface area contributed by atoms with Crippen LogP contribution in [-0.4, -0.2) is 3.71 Å². The van der Waals surface area contributed by atoms with Gasteiger partial charge in [0.1, 0.15) is 0 Å². The van der Waals surface area contributed by atoms with Gasteiger partial charge in [0.05, 0.1) is 0 Å². The fraction of sp³-hybridized carbons (Fsp3) is 0.407. The molecule has 7 aliphatic rings. The van der Waals surface area contributed by atoms with E-state index in [1.54, 1.807) is 44.1 Å². The average molecular weight is 869 g/mol. The van der Waals surface area contributed by atoms with Gasteiger partial charge in [0.15, 0.2) is 0 Å². The van der Waals surface area contributed by atoms with E-state index in [1.165, 1.54) is 108 Å². The molecule has 0 spiro atoms. The Kier molecular flexibility index (Phi) is 11.7. The zero-order valence-electron chi connectivity index (χ0n) is 35.3. The molecule has 0 aliphatic heterocycles. The second-order valence-corrected chi connectivity index (χ2v) is 20.5. The predicted octanol–water partition coefficient (Wildman–Crippen LogP) is 8.56. The molecule has 0 aromatic heterocycles. The summed E-state index contributed by atoms with van der Waals surface area (Å²) >= 11 is 1.46. The molecule has 0 heterocycles. The topological polar surface area (TPSA) is 0 Å². The Hall–Kier alpha value is -2.70. The summed E-state index contributed by atoms with van der Waals surface area (Å²) in [7, 11) is 0. The van der Waals surface area contributed by atoms with Crippen LogP contribution < -0.4 is 24.8 Å². The van der Waals surface area contributed by atoms with Crippen molar-refractivity contribution < 1.29 is 49.0 Å². The van der Waals surface area contributed by atoms with Crippen LogP contribution in [0.15, 0.2) is 102 Å². The quantitative estimate of drug-likeness (QED) is 0.160. The first-order valence-corrected chi connectivity index (χ1v) is 22.5. The van der Waals surface area contributed by atoms with Gasteiger partial charge in [-0.3, -0.25) is 6.08 Å². The van der Waals surface area contributed by atoms with Crippen LogP contribution in [0.1, 0.15) is 128 Å². The maximum absolute atomic E-state index is 3.57. The molecule has 0 nitrogen and oxygen atoms in total. The summed E-state index contributed by atoms with van der Waals surface area (Å²) in [4.78, 5) is 0. The zero-order chi connectivity index (χ0) is 38.4. The Morgan fingerprint density at radius 3 is 1.70 bits per heavy atom. The van der Waals surface area contributed by atoms with Crippen LogP contribution in [-0.2, 0) is 35.1 Å². The molecule has 4 saturated carbocycles. The second kappa shape index (κ2) is 15.7. The molecule has 1 atom stereocenters. The SMILES string of the molecule is CC1=CC(C)(C)c2cc3[cH-]c4cc5c(cc4c3cc21)C(C)=CC5(C)C.CC1=[C-]C(C)C=C1CC12CC3CC(CC(C3)C1)C2.[Cl-].[Cl-].[Zr+2]=[CH]c1cccc2ccccc12. The molecule has 0 N–H and O–H groups in total. The summed E-state index contributed by atoms with van der Waals surface area (Å²) in [6.07, 6.45) is 21.6. The first-order valence-electron chi connectivity index (χ1n) is 21.1. The summed E-state index contributed by atoms with van der Waals surface area (Å²) in [6.45, 7) is 18.3. The van der Waals surface area contributed by atoms with Gasteiger partial charge in [-0.1, -0.05) is 89.3 Å². The molecule has 0 amide bonds. The Balaban J connectivity index is 0.000000137. The first kappa shape index (κ1) is 42.4. The molecule has 4 bridgehead atoms. The number of hydrogen-bond acceptors (Lipinski definition) is 0. The van der Waals surface area contributed by atoms with Crippen LogP contribution in [0.2, 0.25) is 0 Å². The van der Waals surface area contributed by atoms with Gasteiger partial charge in [0, 0.05) is 10.8 Å². The minimum atomic E-state index is 0. The van der Waals surface area contributed by atoms with Crippen LogP contribution in [0.4, 0.5) is 0 Å². The van der Waals surface area contributed by atoms with E-state index in [-0.39, 0.29) is 35.6 Å². The van der Waals surface area contributed by atoms with Crippen LogP contribution >= 0.6 is 0 Å². The van der Waals surface area contributed by atoms with Crippen LogP contribution in [0, 0.1) is 35.2 Å². The summed E-state index contributed by atoms with van der Waals surface area (Å²) in [5, 5.41) is 8.26. The molecule has 12 rings (SSSR count). The van der Waals surface area contributed by atoms with E-state index < -0.39 is 0 Å². The number of benzene rings is 4. The van der Waals surface area contributed by atoms with Crippen LogP contribution in [0.3, 0.4) is 0 Å². The molecule has 1 unspecified atom stereocenters. The standard InChI is InChI=1S/C25H25.C18H25.C11H8.2ClH.Zr/c1-14-12-24(3,4)22-8-16-7-17-9-23-19(15(2)13-25(23,5)6)11-21(17)20(16)10-18(14)22;1-12-3-13(2)17(4-12)11-18-8-14-5-15(9-18)7-16(6-14)10-18;1-9-5-4-7-10-6-2-3-8-11(9)10;;;/h7-13H,1-6H3;4,12,14-16H,5-11H2,1-2H3;1-8H;2*1H;/q2*-1;;;;+2/p-2. The van der Waals surface area contributed by atoms with Gasteiger partial charge < -0.3 is 24.8 Å². The average Bonchev–Trinajstić information content (AvgIpc) is 3.79. The van der Waals surface area contributed by atoms with E-state index in [2.05, 4.69) is 156 Å². The van der Waals surface area contributed by atoms with Gasteiger partial charge in [0.2, 0.25) is 0 Å². The molecule has 57 heavy (non-hydrogen) atoms. The van der Waals surface area contributed by atoms with Crippen molar-refractivity contribution in [2.75, 3.05) is 0 Å². The van der Waals surface area contributed by atoms with Gasteiger partial charge in [-0.2, -0.15) is 11.6 Å². The molecule has 0 radical (unpaired) electrons. The number of fused-ring (bicyclic) bond motifs is 6. The van der Waals surface area contributed by atoms with E-state index in [0.29, 0.717) is 11.3 Å². The molecular formula is C54H58Cl2Zr-2. The molecule has 294 valence electrons. The Morgan fingerprint density at radius 1 is 0.702 bits per heavy atom. The third-order valence-electron chi connectivity index (χ3n) is 14.5. The first-order chi connectivity index (χ1) is 26.2. The van der Waals surface area contributed by atoms with E-state index >= 15 is 0 Å². The molecular weight excluding hydrogens is 811 g/mol. The second-order valence-electron chi connectivity index (χ2n) is 19.8. The van der Waals surface area contributed by atoms with Gasteiger partial charge in [-0.25, -0.2) is 5.57 Å².